The minimum atomic E-state index is -0.329. The molecule has 1 aromatic rings. The van der Waals surface area contributed by atoms with E-state index < -0.39 is 0 Å². The summed E-state index contributed by atoms with van der Waals surface area (Å²) in [4.78, 5) is 4.17. The molecule has 3 rings (SSSR count). The molecule has 2 N–H and O–H groups in total. The molecular formula is C16H19FN4O. The molecule has 116 valence electrons. The van der Waals surface area contributed by atoms with Crippen molar-refractivity contribution >= 4 is 5.96 Å². The summed E-state index contributed by atoms with van der Waals surface area (Å²) in [6.45, 7) is 0.280. The number of nitrogens with zero attached hydrogens (tertiary/aromatic N) is 2. The van der Waals surface area contributed by atoms with Gasteiger partial charge < -0.3 is 15.4 Å². The normalized spacial score (nSPS) is 26.8. The maximum atomic E-state index is 13.8. The van der Waals surface area contributed by atoms with Gasteiger partial charge in [0.1, 0.15) is 5.82 Å². The van der Waals surface area contributed by atoms with Crippen LogP contribution in [0.3, 0.4) is 0 Å². The van der Waals surface area contributed by atoms with Gasteiger partial charge in [0.05, 0.1) is 29.9 Å². The predicted molar refractivity (Wildman–Crippen MR) is 80.7 cm³/mol. The predicted octanol–water partition coefficient (Wildman–Crippen LogP) is 1.68. The number of ether oxygens (including phenoxy) is 1. The van der Waals surface area contributed by atoms with E-state index in [-0.39, 0.29) is 24.5 Å². The first kappa shape index (κ1) is 14.8. The molecule has 0 saturated carbocycles. The number of rotatable bonds is 3. The van der Waals surface area contributed by atoms with E-state index in [0.717, 1.165) is 19.3 Å². The van der Waals surface area contributed by atoms with Crippen LogP contribution in [0, 0.1) is 17.1 Å². The lowest BCUT2D eigenvalue weighted by Crippen LogP contribution is -2.47. The van der Waals surface area contributed by atoms with Crippen molar-refractivity contribution in [2.45, 2.75) is 44.1 Å². The first-order valence-electron chi connectivity index (χ1n) is 7.50. The van der Waals surface area contributed by atoms with Crippen molar-refractivity contribution in [2.24, 2.45) is 4.99 Å². The monoisotopic (exact) mass is 302 g/mol. The quantitative estimate of drug-likeness (QED) is 0.658. The zero-order valence-electron chi connectivity index (χ0n) is 12.5. The van der Waals surface area contributed by atoms with Crippen molar-refractivity contribution in [3.63, 3.8) is 0 Å². The Hall–Kier alpha value is -2.13. The lowest BCUT2D eigenvalue weighted by Gasteiger charge is -2.22. The highest BCUT2D eigenvalue weighted by Crippen LogP contribution is 2.34. The van der Waals surface area contributed by atoms with Crippen LogP contribution in [0.1, 0.15) is 30.4 Å². The van der Waals surface area contributed by atoms with E-state index in [1.807, 2.05) is 6.07 Å². The van der Waals surface area contributed by atoms with Crippen molar-refractivity contribution in [3.05, 3.63) is 35.1 Å². The van der Waals surface area contributed by atoms with Gasteiger partial charge >= 0.3 is 0 Å². The largest absolute Gasteiger partial charge is 0.373 e. The molecular weight excluding hydrogens is 283 g/mol. The van der Waals surface area contributed by atoms with Gasteiger partial charge in [-0.1, -0.05) is 0 Å². The maximum absolute atomic E-state index is 13.8. The maximum Gasteiger partial charge on any atom is 0.191 e. The Morgan fingerprint density at radius 1 is 1.50 bits per heavy atom. The Balaban J connectivity index is 1.59. The van der Waals surface area contributed by atoms with E-state index in [1.165, 1.54) is 12.1 Å². The van der Waals surface area contributed by atoms with Crippen LogP contribution >= 0.6 is 0 Å². The van der Waals surface area contributed by atoms with Gasteiger partial charge in [-0.25, -0.2) is 4.39 Å². The smallest absolute Gasteiger partial charge is 0.191 e. The second-order valence-corrected chi connectivity index (χ2v) is 5.70. The first-order chi connectivity index (χ1) is 10.7. The number of hydrogen-bond donors (Lipinski definition) is 2. The summed E-state index contributed by atoms with van der Waals surface area (Å²) >= 11 is 0. The highest BCUT2D eigenvalue weighted by atomic mass is 19.1. The molecule has 2 bridgehead atoms. The molecule has 22 heavy (non-hydrogen) atoms. The molecule has 0 radical (unpaired) electrons. The molecule has 2 fully saturated rings. The highest BCUT2D eigenvalue weighted by molar-refractivity contribution is 5.80. The average Bonchev–Trinajstić information content (AvgIpc) is 3.15. The Labute approximate surface area is 129 Å². The number of nitriles is 1. The van der Waals surface area contributed by atoms with Crippen molar-refractivity contribution < 1.29 is 9.13 Å². The average molecular weight is 302 g/mol. The molecule has 0 aliphatic carbocycles. The van der Waals surface area contributed by atoms with Crippen molar-refractivity contribution in [2.75, 3.05) is 7.05 Å². The molecule has 0 spiro atoms. The minimum absolute atomic E-state index is 0.252. The summed E-state index contributed by atoms with van der Waals surface area (Å²) in [5.41, 5.74) is 0.897. The van der Waals surface area contributed by atoms with Crippen molar-refractivity contribution in [3.8, 4) is 6.07 Å². The zero-order chi connectivity index (χ0) is 15.5. The summed E-state index contributed by atoms with van der Waals surface area (Å²) in [5, 5.41) is 15.3. The third-order valence-corrected chi connectivity index (χ3v) is 4.27. The summed E-state index contributed by atoms with van der Waals surface area (Å²) in [7, 11) is 1.69. The van der Waals surface area contributed by atoms with E-state index in [9.17, 15) is 4.39 Å². The molecule has 2 saturated heterocycles. The Morgan fingerprint density at radius 3 is 3.00 bits per heavy atom. The first-order valence-corrected chi connectivity index (χ1v) is 7.50. The van der Waals surface area contributed by atoms with Gasteiger partial charge in [-0.3, -0.25) is 4.99 Å². The number of benzene rings is 1. The summed E-state index contributed by atoms with van der Waals surface area (Å²) in [6.07, 6.45) is 3.83. The molecule has 0 aromatic heterocycles. The molecule has 3 unspecified atom stereocenters. The topological polar surface area (TPSA) is 69.4 Å². The minimum Gasteiger partial charge on any atom is -0.373 e. The molecule has 0 amide bonds. The van der Waals surface area contributed by atoms with E-state index in [0.29, 0.717) is 23.2 Å². The molecule has 5 nitrogen and oxygen atoms in total. The van der Waals surface area contributed by atoms with Gasteiger partial charge in [0.15, 0.2) is 5.96 Å². The summed E-state index contributed by atoms with van der Waals surface area (Å²) < 4.78 is 19.6. The lowest BCUT2D eigenvalue weighted by molar-refractivity contribution is 0.0992. The number of fused-ring (bicyclic) bond motifs is 2. The molecule has 1 aromatic carbocycles. The Morgan fingerprint density at radius 2 is 2.36 bits per heavy atom. The van der Waals surface area contributed by atoms with Gasteiger partial charge in [-0.2, -0.15) is 5.26 Å². The van der Waals surface area contributed by atoms with E-state index in [2.05, 4.69) is 15.6 Å². The third kappa shape index (κ3) is 3.04. The van der Waals surface area contributed by atoms with Crippen LogP contribution in [0.25, 0.3) is 0 Å². The third-order valence-electron chi connectivity index (χ3n) is 4.27. The van der Waals surface area contributed by atoms with Gasteiger partial charge in [0.2, 0.25) is 0 Å². The molecule has 2 heterocycles. The van der Waals surface area contributed by atoms with Gasteiger partial charge in [-0.05, 0) is 37.5 Å². The number of nitrogens with one attached hydrogen (secondary N) is 2. The molecule has 6 heteroatoms. The standard InChI is InChI=1S/C16H19FN4O/c1-19-16(21-14-7-12-3-5-15(14)22-12)20-9-11-6-10(8-18)2-4-13(11)17/h2,4,6,12,14-15H,3,5,7,9H2,1H3,(H2,19,20,21). The molecule has 2 aliphatic heterocycles. The fourth-order valence-electron chi connectivity index (χ4n) is 3.12. The van der Waals surface area contributed by atoms with Crippen molar-refractivity contribution in [1.29, 1.82) is 5.26 Å². The number of aliphatic imine (C=N–C) groups is 1. The Kier molecular flexibility index (Phi) is 4.25. The lowest BCUT2D eigenvalue weighted by atomic mass is 9.96. The second kappa shape index (κ2) is 6.32. The van der Waals surface area contributed by atoms with Crippen LogP contribution in [0.5, 0.6) is 0 Å². The van der Waals surface area contributed by atoms with Crippen LogP contribution in [0.4, 0.5) is 4.39 Å². The van der Waals surface area contributed by atoms with E-state index >= 15 is 0 Å². The molecule has 2 aliphatic rings. The van der Waals surface area contributed by atoms with Crippen LogP contribution in [-0.2, 0) is 11.3 Å². The van der Waals surface area contributed by atoms with Crippen molar-refractivity contribution in [1.82, 2.24) is 10.6 Å². The molecule has 3 atom stereocenters. The fraction of sp³-hybridized carbons (Fsp3) is 0.500. The Bertz CT molecular complexity index is 625. The highest BCUT2D eigenvalue weighted by Gasteiger charge is 2.41. The van der Waals surface area contributed by atoms with Crippen LogP contribution < -0.4 is 10.6 Å². The van der Waals surface area contributed by atoms with Gasteiger partial charge in [0, 0.05) is 19.2 Å². The van der Waals surface area contributed by atoms with Gasteiger partial charge in [-0.15, -0.1) is 0 Å². The number of hydrogen-bond acceptors (Lipinski definition) is 3. The van der Waals surface area contributed by atoms with E-state index in [1.54, 1.807) is 13.1 Å². The summed E-state index contributed by atoms with van der Waals surface area (Å²) in [5.74, 6) is 0.299. The second-order valence-electron chi connectivity index (χ2n) is 5.70. The SMILES string of the molecule is CN=C(NCc1cc(C#N)ccc1F)NC1CC2CCC1O2. The number of guanidine groups is 1. The number of halogens is 1. The van der Waals surface area contributed by atoms with Gasteiger partial charge in [0.25, 0.3) is 0 Å². The fourth-order valence-corrected chi connectivity index (χ4v) is 3.12. The van der Waals surface area contributed by atoms with Crippen LogP contribution in [-0.4, -0.2) is 31.3 Å². The summed E-state index contributed by atoms with van der Waals surface area (Å²) in [6, 6.07) is 6.62. The van der Waals surface area contributed by atoms with Crippen LogP contribution in [0.15, 0.2) is 23.2 Å². The van der Waals surface area contributed by atoms with E-state index in [4.69, 9.17) is 10.00 Å². The van der Waals surface area contributed by atoms with Crippen LogP contribution in [0.2, 0.25) is 0 Å². The zero-order valence-corrected chi connectivity index (χ0v) is 12.5.